The van der Waals surface area contributed by atoms with Crippen molar-refractivity contribution in [3.8, 4) is 0 Å². The third-order valence-corrected chi connectivity index (χ3v) is 4.35. The number of carboxylic acid groups (broad SMARTS) is 1. The molecule has 0 saturated carbocycles. The molecule has 1 N–H and O–H groups in total. The van der Waals surface area contributed by atoms with E-state index >= 15 is 0 Å². The lowest BCUT2D eigenvalue weighted by Gasteiger charge is -2.47. The summed E-state index contributed by atoms with van der Waals surface area (Å²) in [5.41, 5.74) is 2.10. The molecule has 5 nitrogen and oxygen atoms in total. The first-order valence-electron chi connectivity index (χ1n) is 6.95. The second kappa shape index (κ2) is 4.35. The number of benzene rings is 1. The van der Waals surface area contributed by atoms with Crippen LogP contribution in [-0.2, 0) is 21.5 Å². The number of hydrogen-bond donors (Lipinski definition) is 1. The van der Waals surface area contributed by atoms with Gasteiger partial charge < -0.3 is 19.8 Å². The van der Waals surface area contributed by atoms with Gasteiger partial charge in [0.25, 0.3) is 0 Å². The van der Waals surface area contributed by atoms with Gasteiger partial charge in [0, 0.05) is 29.9 Å². The fourth-order valence-electron chi connectivity index (χ4n) is 3.53. The number of carbonyl (C=O) groups is 2. The average molecular weight is 285 g/mol. The van der Waals surface area contributed by atoms with Crippen molar-refractivity contribution in [3.05, 3.63) is 35.5 Å². The van der Waals surface area contributed by atoms with Crippen molar-refractivity contribution >= 4 is 22.8 Å². The lowest BCUT2D eigenvalue weighted by molar-refractivity contribution is -0.313. The minimum Gasteiger partial charge on any atom is -0.548 e. The van der Waals surface area contributed by atoms with Crippen molar-refractivity contribution in [3.63, 3.8) is 0 Å². The van der Waals surface area contributed by atoms with Crippen molar-refractivity contribution in [1.29, 1.82) is 0 Å². The van der Waals surface area contributed by atoms with Crippen molar-refractivity contribution in [2.24, 2.45) is 0 Å². The van der Waals surface area contributed by atoms with E-state index in [2.05, 4.69) is 4.98 Å². The number of amides is 1. The second-order valence-electron chi connectivity index (χ2n) is 6.01. The van der Waals surface area contributed by atoms with Crippen LogP contribution in [0.25, 0.3) is 10.9 Å². The largest absolute Gasteiger partial charge is 0.548 e. The zero-order valence-corrected chi connectivity index (χ0v) is 12.3. The zero-order valence-electron chi connectivity index (χ0n) is 12.3. The Morgan fingerprint density at radius 1 is 1.33 bits per heavy atom. The van der Waals surface area contributed by atoms with Gasteiger partial charge in [0.15, 0.2) is 0 Å². The Bertz CT molecular complexity index is 745. The molecule has 1 aromatic carbocycles. The van der Waals surface area contributed by atoms with Gasteiger partial charge in [-0.1, -0.05) is 18.2 Å². The fourth-order valence-corrected chi connectivity index (χ4v) is 3.53. The molecule has 5 heteroatoms. The lowest BCUT2D eigenvalue weighted by Crippen LogP contribution is -2.60. The third-order valence-electron chi connectivity index (χ3n) is 4.35. The van der Waals surface area contributed by atoms with E-state index < -0.39 is 17.6 Å². The number of para-hydroxylation sites is 1. The van der Waals surface area contributed by atoms with Crippen LogP contribution in [0.1, 0.15) is 32.0 Å². The van der Waals surface area contributed by atoms with Crippen molar-refractivity contribution in [1.82, 2.24) is 9.88 Å². The Morgan fingerprint density at radius 2 is 2.00 bits per heavy atom. The van der Waals surface area contributed by atoms with E-state index in [-0.39, 0.29) is 12.3 Å². The second-order valence-corrected chi connectivity index (χ2v) is 6.01. The van der Waals surface area contributed by atoms with Crippen molar-refractivity contribution in [2.75, 3.05) is 0 Å². The first-order valence-corrected chi connectivity index (χ1v) is 6.95. The van der Waals surface area contributed by atoms with Crippen LogP contribution in [0.5, 0.6) is 0 Å². The van der Waals surface area contributed by atoms with E-state index in [9.17, 15) is 14.7 Å². The Labute approximate surface area is 122 Å². The van der Waals surface area contributed by atoms with Crippen LogP contribution in [0.15, 0.2) is 24.3 Å². The van der Waals surface area contributed by atoms with Crippen LogP contribution in [-0.4, -0.2) is 27.8 Å². The number of aromatic amines is 1. The minimum atomic E-state index is -1.21. The number of nitrogens with one attached hydrogen (secondary N) is 1. The number of rotatable bonds is 1. The highest BCUT2D eigenvalue weighted by Gasteiger charge is 2.44. The number of aromatic nitrogens is 1. The lowest BCUT2D eigenvalue weighted by atomic mass is 9.84. The predicted octanol–water partition coefficient (Wildman–Crippen LogP) is 0.926. The molecule has 0 unspecified atom stereocenters. The number of hydrogen-bond acceptors (Lipinski definition) is 3. The van der Waals surface area contributed by atoms with Gasteiger partial charge in [0.1, 0.15) is 0 Å². The molecule has 3 rings (SSSR count). The Balaban J connectivity index is 2.28. The summed E-state index contributed by atoms with van der Waals surface area (Å²) in [7, 11) is 0. The highest BCUT2D eigenvalue weighted by Crippen LogP contribution is 2.40. The summed E-state index contributed by atoms with van der Waals surface area (Å²) < 4.78 is 0. The van der Waals surface area contributed by atoms with E-state index in [1.54, 1.807) is 0 Å². The fraction of sp³-hybridized carbons (Fsp3) is 0.375. The van der Waals surface area contributed by atoms with Crippen molar-refractivity contribution < 1.29 is 14.7 Å². The standard InChI is InChI=1S/C16H18N2O3/c1-9(19)18-13(15(20)21)8-11-10-6-4-5-7-12(10)17-14(11)16(18,2)3/h4-7,13,17H,8H2,1-3H3,(H,20,21)/p-1/t13-/m1/s1. The molecule has 0 saturated heterocycles. The summed E-state index contributed by atoms with van der Waals surface area (Å²) in [5, 5.41) is 12.5. The van der Waals surface area contributed by atoms with Crippen LogP contribution in [0, 0.1) is 0 Å². The number of nitrogens with zero attached hydrogens (tertiary/aromatic N) is 1. The maximum Gasteiger partial charge on any atom is 0.220 e. The van der Waals surface area contributed by atoms with Crippen LogP contribution in [0.4, 0.5) is 0 Å². The predicted molar refractivity (Wildman–Crippen MR) is 76.3 cm³/mol. The van der Waals surface area contributed by atoms with Gasteiger partial charge in [-0.05, 0) is 25.5 Å². The zero-order chi connectivity index (χ0) is 15.4. The number of carboxylic acids is 1. The van der Waals surface area contributed by atoms with Crippen LogP contribution in [0.2, 0.25) is 0 Å². The summed E-state index contributed by atoms with van der Waals surface area (Å²) in [5.74, 6) is -1.48. The summed E-state index contributed by atoms with van der Waals surface area (Å²) >= 11 is 0. The summed E-state index contributed by atoms with van der Waals surface area (Å²) in [6.45, 7) is 5.11. The Hall–Kier alpha value is -2.30. The number of carbonyl (C=O) groups excluding carboxylic acids is 2. The monoisotopic (exact) mass is 285 g/mol. The van der Waals surface area contributed by atoms with E-state index in [0.717, 1.165) is 22.2 Å². The molecule has 110 valence electrons. The van der Waals surface area contributed by atoms with E-state index in [1.165, 1.54) is 11.8 Å². The molecule has 1 atom stereocenters. The van der Waals surface area contributed by atoms with Gasteiger partial charge in [-0.2, -0.15) is 0 Å². The van der Waals surface area contributed by atoms with E-state index in [0.29, 0.717) is 0 Å². The molecule has 0 bridgehead atoms. The average Bonchev–Trinajstić information content (AvgIpc) is 2.77. The number of H-pyrrole nitrogens is 1. The van der Waals surface area contributed by atoms with E-state index in [1.807, 2.05) is 38.1 Å². The normalized spacial score (nSPS) is 20.3. The topological polar surface area (TPSA) is 76.2 Å². The maximum atomic E-state index is 12.0. The first kappa shape index (κ1) is 13.7. The van der Waals surface area contributed by atoms with E-state index in [4.69, 9.17) is 0 Å². The SMILES string of the molecule is CC(=O)N1[C@@H](C(=O)[O-])Cc2c([nH]c3ccccc23)C1(C)C. The van der Waals surface area contributed by atoms with Crippen molar-refractivity contribution in [2.45, 2.75) is 38.8 Å². The van der Waals surface area contributed by atoms with Gasteiger partial charge >= 0.3 is 0 Å². The molecule has 1 aliphatic heterocycles. The maximum absolute atomic E-state index is 12.0. The number of aliphatic carboxylic acids is 1. The molecular weight excluding hydrogens is 268 g/mol. The van der Waals surface area contributed by atoms with Gasteiger partial charge in [-0.3, -0.25) is 4.79 Å². The Kier molecular flexibility index (Phi) is 2.83. The molecule has 2 aromatic rings. The van der Waals surface area contributed by atoms with Crippen LogP contribution in [0.3, 0.4) is 0 Å². The smallest absolute Gasteiger partial charge is 0.220 e. The summed E-state index contributed by atoms with van der Waals surface area (Å²) in [6.07, 6.45) is 0.269. The molecule has 0 radical (unpaired) electrons. The molecule has 21 heavy (non-hydrogen) atoms. The molecular formula is C16H17N2O3-. The Morgan fingerprint density at radius 3 is 2.62 bits per heavy atom. The molecule has 1 aliphatic rings. The summed E-state index contributed by atoms with van der Waals surface area (Å²) in [6, 6.07) is 6.83. The van der Waals surface area contributed by atoms with Gasteiger partial charge in [-0.15, -0.1) is 0 Å². The van der Waals surface area contributed by atoms with Gasteiger partial charge in [0.05, 0.1) is 17.6 Å². The minimum absolute atomic E-state index is 0.265. The highest BCUT2D eigenvalue weighted by atomic mass is 16.4. The summed E-state index contributed by atoms with van der Waals surface area (Å²) in [4.78, 5) is 28.2. The molecule has 0 aliphatic carbocycles. The van der Waals surface area contributed by atoms with Gasteiger partial charge in [-0.25, -0.2) is 0 Å². The third kappa shape index (κ3) is 1.84. The molecule has 0 spiro atoms. The van der Waals surface area contributed by atoms with Crippen LogP contribution >= 0.6 is 0 Å². The molecule has 2 heterocycles. The first-order chi connectivity index (χ1) is 9.84. The van der Waals surface area contributed by atoms with Gasteiger partial charge in [0.2, 0.25) is 5.91 Å². The highest BCUT2D eigenvalue weighted by molar-refractivity contribution is 5.89. The molecule has 1 amide bonds. The van der Waals surface area contributed by atoms with Crippen LogP contribution < -0.4 is 5.11 Å². The molecule has 0 fully saturated rings. The molecule has 1 aromatic heterocycles. The quantitative estimate of drug-likeness (QED) is 0.846. The number of fused-ring (bicyclic) bond motifs is 3.